The van der Waals surface area contributed by atoms with Crippen molar-refractivity contribution >= 4 is 11.6 Å². The van der Waals surface area contributed by atoms with Crippen molar-refractivity contribution in [2.24, 2.45) is 0 Å². The lowest BCUT2D eigenvalue weighted by atomic mass is 10.2. The maximum absolute atomic E-state index is 8.75. The Morgan fingerprint density at radius 3 is 2.65 bits per heavy atom. The van der Waals surface area contributed by atoms with Crippen LogP contribution in [0.4, 0.5) is 0 Å². The zero-order valence-corrected chi connectivity index (χ0v) is 10.9. The number of hydrogen-bond acceptors (Lipinski definition) is 4. The van der Waals surface area contributed by atoms with E-state index in [2.05, 4.69) is 4.98 Å². The van der Waals surface area contributed by atoms with Crippen LogP contribution in [0.5, 0.6) is 5.88 Å². The Labute approximate surface area is 106 Å². The van der Waals surface area contributed by atoms with Crippen LogP contribution in [0.1, 0.15) is 26.3 Å². The minimum atomic E-state index is -0.192. The Bertz CT molecular complexity index is 421. The van der Waals surface area contributed by atoms with Crippen molar-refractivity contribution in [1.29, 1.82) is 5.26 Å². The highest BCUT2D eigenvalue weighted by Gasteiger charge is 2.09. The molecule has 0 spiro atoms. The van der Waals surface area contributed by atoms with Gasteiger partial charge in [-0.05, 0) is 26.8 Å². The molecule has 0 radical (unpaired) electrons. The SMILES string of the molecule is CC(C)(C)OCCOc1cc(C#N)cc(Cl)n1. The van der Waals surface area contributed by atoms with Gasteiger partial charge in [-0.3, -0.25) is 0 Å². The van der Waals surface area contributed by atoms with E-state index in [-0.39, 0.29) is 10.8 Å². The van der Waals surface area contributed by atoms with Crippen molar-refractivity contribution in [1.82, 2.24) is 4.98 Å². The van der Waals surface area contributed by atoms with Crippen molar-refractivity contribution in [3.8, 4) is 11.9 Å². The molecular weight excluding hydrogens is 240 g/mol. The average molecular weight is 255 g/mol. The molecule has 0 atom stereocenters. The predicted octanol–water partition coefficient (Wildman–Crippen LogP) is 2.80. The molecule has 0 aromatic carbocycles. The van der Waals surface area contributed by atoms with Gasteiger partial charge >= 0.3 is 0 Å². The highest BCUT2D eigenvalue weighted by molar-refractivity contribution is 6.29. The van der Waals surface area contributed by atoms with Crippen molar-refractivity contribution in [2.45, 2.75) is 26.4 Å². The molecule has 1 heterocycles. The highest BCUT2D eigenvalue weighted by Crippen LogP contribution is 2.15. The van der Waals surface area contributed by atoms with Gasteiger partial charge in [-0.1, -0.05) is 11.6 Å². The second-order valence-corrected chi connectivity index (χ2v) is 4.83. The molecule has 0 aliphatic rings. The molecule has 1 aromatic heterocycles. The number of ether oxygens (including phenoxy) is 2. The first-order chi connectivity index (χ1) is 7.90. The van der Waals surface area contributed by atoms with Crippen LogP contribution in [0.15, 0.2) is 12.1 Å². The van der Waals surface area contributed by atoms with Crippen LogP contribution < -0.4 is 4.74 Å². The number of nitrogens with zero attached hydrogens (tertiary/aromatic N) is 2. The van der Waals surface area contributed by atoms with Gasteiger partial charge in [0.25, 0.3) is 0 Å². The predicted molar refractivity (Wildman–Crippen MR) is 65.2 cm³/mol. The lowest BCUT2D eigenvalue weighted by molar-refractivity contribution is -0.0168. The van der Waals surface area contributed by atoms with Gasteiger partial charge in [-0.2, -0.15) is 5.26 Å². The number of nitriles is 1. The topological polar surface area (TPSA) is 55.1 Å². The van der Waals surface area contributed by atoms with Crippen LogP contribution in [0.25, 0.3) is 0 Å². The van der Waals surface area contributed by atoms with Crippen molar-refractivity contribution < 1.29 is 9.47 Å². The van der Waals surface area contributed by atoms with Crippen LogP contribution in [0.2, 0.25) is 5.15 Å². The molecule has 4 nitrogen and oxygen atoms in total. The van der Waals surface area contributed by atoms with Gasteiger partial charge < -0.3 is 9.47 Å². The summed E-state index contributed by atoms with van der Waals surface area (Å²) in [6.45, 7) is 6.74. The van der Waals surface area contributed by atoms with E-state index in [1.54, 1.807) is 6.07 Å². The van der Waals surface area contributed by atoms with Crippen LogP contribution in [-0.2, 0) is 4.74 Å². The van der Waals surface area contributed by atoms with Gasteiger partial charge in [0.2, 0.25) is 5.88 Å². The Morgan fingerprint density at radius 1 is 1.35 bits per heavy atom. The number of halogens is 1. The summed E-state index contributed by atoms with van der Waals surface area (Å²) in [7, 11) is 0. The quantitative estimate of drug-likeness (QED) is 0.612. The summed E-state index contributed by atoms with van der Waals surface area (Å²) >= 11 is 5.74. The molecule has 92 valence electrons. The third-order valence-electron chi connectivity index (χ3n) is 1.77. The van der Waals surface area contributed by atoms with Crippen LogP contribution >= 0.6 is 11.6 Å². The molecule has 1 rings (SSSR count). The fourth-order valence-corrected chi connectivity index (χ4v) is 1.31. The van der Waals surface area contributed by atoms with Crippen LogP contribution in [0.3, 0.4) is 0 Å². The fourth-order valence-electron chi connectivity index (χ4n) is 1.11. The van der Waals surface area contributed by atoms with E-state index in [1.807, 2.05) is 26.8 Å². The van der Waals surface area contributed by atoms with Crippen molar-refractivity contribution in [2.75, 3.05) is 13.2 Å². The van der Waals surface area contributed by atoms with Gasteiger partial charge in [0, 0.05) is 6.07 Å². The molecule has 0 aliphatic carbocycles. The fraction of sp³-hybridized carbons (Fsp3) is 0.500. The molecule has 17 heavy (non-hydrogen) atoms. The molecular formula is C12H15ClN2O2. The van der Waals surface area contributed by atoms with Gasteiger partial charge in [-0.25, -0.2) is 4.98 Å². The summed E-state index contributed by atoms with van der Waals surface area (Å²) in [5.41, 5.74) is 0.236. The van der Waals surface area contributed by atoms with E-state index >= 15 is 0 Å². The summed E-state index contributed by atoms with van der Waals surface area (Å²) in [4.78, 5) is 3.95. The number of pyridine rings is 1. The minimum Gasteiger partial charge on any atom is -0.475 e. The van der Waals surface area contributed by atoms with Crippen molar-refractivity contribution in [3.63, 3.8) is 0 Å². The Kier molecular flexibility index (Phi) is 4.73. The van der Waals surface area contributed by atoms with Gasteiger partial charge in [0.05, 0.1) is 23.8 Å². The zero-order chi connectivity index (χ0) is 12.9. The summed E-state index contributed by atoms with van der Waals surface area (Å²) in [6.07, 6.45) is 0. The average Bonchev–Trinajstić information content (AvgIpc) is 2.22. The number of hydrogen-bond donors (Lipinski definition) is 0. The molecule has 1 aromatic rings. The first-order valence-electron chi connectivity index (χ1n) is 5.25. The van der Waals surface area contributed by atoms with E-state index in [1.165, 1.54) is 6.07 Å². The maximum atomic E-state index is 8.75. The summed E-state index contributed by atoms with van der Waals surface area (Å²) < 4.78 is 10.8. The van der Waals surface area contributed by atoms with Gasteiger partial charge in [-0.15, -0.1) is 0 Å². The molecule has 0 bridgehead atoms. The monoisotopic (exact) mass is 254 g/mol. The molecule has 0 fully saturated rings. The molecule has 0 unspecified atom stereocenters. The highest BCUT2D eigenvalue weighted by atomic mass is 35.5. The van der Waals surface area contributed by atoms with E-state index in [0.29, 0.717) is 24.7 Å². The molecule has 5 heteroatoms. The van der Waals surface area contributed by atoms with Gasteiger partial charge in [0.1, 0.15) is 11.8 Å². The minimum absolute atomic E-state index is 0.192. The largest absolute Gasteiger partial charge is 0.475 e. The van der Waals surface area contributed by atoms with E-state index in [9.17, 15) is 0 Å². The van der Waals surface area contributed by atoms with E-state index in [4.69, 9.17) is 26.3 Å². The third-order valence-corrected chi connectivity index (χ3v) is 1.96. The Hall–Kier alpha value is -1.31. The molecule has 0 aliphatic heterocycles. The van der Waals surface area contributed by atoms with Crippen molar-refractivity contribution in [3.05, 3.63) is 22.8 Å². The first-order valence-corrected chi connectivity index (χ1v) is 5.63. The first kappa shape index (κ1) is 13.8. The molecule has 0 amide bonds. The van der Waals surface area contributed by atoms with E-state index < -0.39 is 0 Å². The molecule has 0 N–H and O–H groups in total. The Balaban J connectivity index is 2.47. The van der Waals surface area contributed by atoms with Crippen LogP contribution in [-0.4, -0.2) is 23.8 Å². The van der Waals surface area contributed by atoms with Gasteiger partial charge in [0.15, 0.2) is 0 Å². The summed E-state index contributed by atoms with van der Waals surface area (Å²) in [5, 5.41) is 8.99. The maximum Gasteiger partial charge on any atom is 0.216 e. The van der Waals surface area contributed by atoms with Crippen LogP contribution in [0, 0.1) is 11.3 Å². The second kappa shape index (κ2) is 5.85. The molecule has 0 saturated heterocycles. The normalized spacial score (nSPS) is 11.0. The smallest absolute Gasteiger partial charge is 0.216 e. The summed E-state index contributed by atoms with van der Waals surface area (Å²) in [6, 6.07) is 5.02. The standard InChI is InChI=1S/C12H15ClN2O2/c1-12(2,3)17-5-4-16-11-7-9(8-14)6-10(13)15-11/h6-7H,4-5H2,1-3H3. The molecule has 0 saturated carbocycles. The Morgan fingerprint density at radius 2 is 2.06 bits per heavy atom. The lowest BCUT2D eigenvalue weighted by Gasteiger charge is -2.19. The third kappa shape index (κ3) is 5.53. The van der Waals surface area contributed by atoms with E-state index in [0.717, 1.165) is 0 Å². The lowest BCUT2D eigenvalue weighted by Crippen LogP contribution is -2.22. The summed E-state index contributed by atoms with van der Waals surface area (Å²) in [5.74, 6) is 0.339. The second-order valence-electron chi connectivity index (χ2n) is 4.44. The number of aromatic nitrogens is 1. The zero-order valence-electron chi connectivity index (χ0n) is 10.2. The number of rotatable bonds is 4.